The first-order valence-electron chi connectivity index (χ1n) is 10.1. The SMILES string of the molecule is Nc1nnnc(Nc2cc(O)cc3c2C2(OC(=O)c4ccccc42)c2ccc(O)cc2O3)c1N. The Kier molecular flexibility index (Phi) is 3.88. The largest absolute Gasteiger partial charge is 0.508 e. The third-order valence-corrected chi connectivity index (χ3v) is 5.86. The van der Waals surface area contributed by atoms with E-state index in [1.165, 1.54) is 24.3 Å². The number of hydrogen-bond acceptors (Lipinski definition) is 11. The molecule has 4 aromatic rings. The van der Waals surface area contributed by atoms with Crippen LogP contribution < -0.4 is 21.5 Å². The van der Waals surface area contributed by atoms with Crippen LogP contribution >= 0.6 is 0 Å². The van der Waals surface area contributed by atoms with Crippen molar-refractivity contribution in [1.29, 1.82) is 0 Å². The Labute approximate surface area is 191 Å². The van der Waals surface area contributed by atoms with E-state index >= 15 is 0 Å². The summed E-state index contributed by atoms with van der Waals surface area (Å²) in [6.07, 6.45) is 0. The summed E-state index contributed by atoms with van der Waals surface area (Å²) in [6.45, 7) is 0. The molecule has 11 heteroatoms. The summed E-state index contributed by atoms with van der Waals surface area (Å²) in [7, 11) is 0. The molecule has 34 heavy (non-hydrogen) atoms. The van der Waals surface area contributed by atoms with Crippen LogP contribution in [0.15, 0.2) is 54.6 Å². The number of nitrogens with zero attached hydrogens (tertiary/aromatic N) is 3. The van der Waals surface area contributed by atoms with Gasteiger partial charge in [-0.15, -0.1) is 10.2 Å². The standard InChI is InChI=1S/C23H16N6O5/c24-19-20(25)27-29-28-21(19)26-15-7-11(31)9-17-18(15)23(14-6-5-10(30)8-16(14)33-17)13-4-2-1-3-12(13)22(32)34-23/h1-9,30-31H,(H2,24,29)(H3,25,26,27,28). The molecule has 0 aliphatic carbocycles. The van der Waals surface area contributed by atoms with E-state index in [1.807, 2.05) is 0 Å². The number of phenolic OH excluding ortho intramolecular Hbond substituents is 2. The van der Waals surface area contributed by atoms with Crippen molar-refractivity contribution in [3.63, 3.8) is 0 Å². The van der Waals surface area contributed by atoms with Gasteiger partial charge in [-0.1, -0.05) is 18.2 Å². The second-order valence-corrected chi connectivity index (χ2v) is 7.83. The van der Waals surface area contributed by atoms with Crippen molar-refractivity contribution in [1.82, 2.24) is 15.4 Å². The third kappa shape index (κ3) is 2.57. The molecule has 0 saturated heterocycles. The Morgan fingerprint density at radius 2 is 1.71 bits per heavy atom. The molecule has 3 heterocycles. The minimum absolute atomic E-state index is 0.0315. The molecule has 1 atom stereocenters. The Morgan fingerprint density at radius 3 is 2.56 bits per heavy atom. The lowest BCUT2D eigenvalue weighted by Gasteiger charge is -2.38. The topological polar surface area (TPSA) is 179 Å². The van der Waals surface area contributed by atoms with Gasteiger partial charge in [-0.25, -0.2) is 4.79 Å². The molecule has 0 amide bonds. The van der Waals surface area contributed by atoms with Gasteiger partial charge in [0.25, 0.3) is 0 Å². The number of fused-ring (bicyclic) bond motifs is 6. The third-order valence-electron chi connectivity index (χ3n) is 5.86. The number of nitrogen functional groups attached to an aromatic ring is 2. The molecule has 0 bridgehead atoms. The van der Waals surface area contributed by atoms with Gasteiger partial charge in [0.05, 0.1) is 16.8 Å². The van der Waals surface area contributed by atoms with Gasteiger partial charge in [0.1, 0.15) is 28.7 Å². The van der Waals surface area contributed by atoms with E-state index in [9.17, 15) is 15.0 Å². The second kappa shape index (κ2) is 6.72. The van der Waals surface area contributed by atoms with Crippen LogP contribution in [0.5, 0.6) is 23.0 Å². The molecule has 1 spiro atoms. The fourth-order valence-electron chi connectivity index (χ4n) is 4.45. The zero-order chi connectivity index (χ0) is 23.6. The summed E-state index contributed by atoms with van der Waals surface area (Å²) in [4.78, 5) is 13.0. The first kappa shape index (κ1) is 19.6. The van der Waals surface area contributed by atoms with Crippen molar-refractivity contribution < 1.29 is 24.5 Å². The van der Waals surface area contributed by atoms with Crippen LogP contribution in [-0.2, 0) is 10.3 Å². The number of nitrogens with two attached hydrogens (primary N) is 2. The highest BCUT2D eigenvalue weighted by Gasteiger charge is 2.55. The maximum atomic E-state index is 13.0. The zero-order valence-electron chi connectivity index (χ0n) is 17.3. The van der Waals surface area contributed by atoms with Crippen molar-refractivity contribution >= 4 is 29.0 Å². The predicted molar refractivity (Wildman–Crippen MR) is 120 cm³/mol. The van der Waals surface area contributed by atoms with Crippen molar-refractivity contribution in [2.75, 3.05) is 16.8 Å². The predicted octanol–water partition coefficient (Wildman–Crippen LogP) is 2.76. The fraction of sp³-hybridized carbons (Fsp3) is 0.0435. The van der Waals surface area contributed by atoms with E-state index in [-0.39, 0.29) is 46.0 Å². The molecular weight excluding hydrogens is 440 g/mol. The summed E-state index contributed by atoms with van der Waals surface area (Å²) in [6, 6.07) is 14.3. The number of benzene rings is 3. The van der Waals surface area contributed by atoms with Gasteiger partial charge >= 0.3 is 5.97 Å². The Bertz CT molecular complexity index is 1520. The van der Waals surface area contributed by atoms with Crippen molar-refractivity contribution in [2.24, 2.45) is 0 Å². The fourth-order valence-corrected chi connectivity index (χ4v) is 4.45. The number of anilines is 4. The highest BCUT2D eigenvalue weighted by molar-refractivity contribution is 5.98. The molecule has 0 fully saturated rings. The average Bonchev–Trinajstić information content (AvgIpc) is 3.09. The number of ether oxygens (including phenoxy) is 2. The molecule has 3 aromatic carbocycles. The molecule has 2 aliphatic heterocycles. The van der Waals surface area contributed by atoms with Crippen LogP contribution in [-0.4, -0.2) is 31.6 Å². The molecule has 1 aromatic heterocycles. The molecule has 2 aliphatic rings. The number of esters is 1. The summed E-state index contributed by atoms with van der Waals surface area (Å²) >= 11 is 0. The number of carbonyl (C=O) groups is 1. The minimum Gasteiger partial charge on any atom is -0.508 e. The smallest absolute Gasteiger partial charge is 0.340 e. The van der Waals surface area contributed by atoms with Gasteiger partial charge in [-0.2, -0.15) is 0 Å². The molecule has 6 rings (SSSR count). The minimum atomic E-state index is -1.46. The number of aromatic hydroxyl groups is 2. The van der Waals surface area contributed by atoms with Crippen molar-refractivity contribution in [3.8, 4) is 23.0 Å². The normalized spacial score (nSPS) is 17.4. The van der Waals surface area contributed by atoms with Crippen LogP contribution in [0.3, 0.4) is 0 Å². The van der Waals surface area contributed by atoms with Gasteiger partial charge in [0.2, 0.25) is 0 Å². The quantitative estimate of drug-likeness (QED) is 0.280. The molecule has 1 unspecified atom stereocenters. The van der Waals surface area contributed by atoms with E-state index in [1.54, 1.807) is 30.3 Å². The zero-order valence-corrected chi connectivity index (χ0v) is 17.3. The van der Waals surface area contributed by atoms with Crippen molar-refractivity contribution in [3.05, 3.63) is 76.9 Å². The van der Waals surface area contributed by atoms with Gasteiger partial charge in [-0.3, -0.25) is 0 Å². The van der Waals surface area contributed by atoms with Crippen LogP contribution in [0.25, 0.3) is 0 Å². The summed E-state index contributed by atoms with van der Waals surface area (Å²) in [5.41, 5.74) is 12.5. The number of hydrogen-bond donors (Lipinski definition) is 5. The van der Waals surface area contributed by atoms with Gasteiger partial charge in [0.15, 0.2) is 17.2 Å². The number of nitrogens with one attached hydrogen (secondary N) is 1. The summed E-state index contributed by atoms with van der Waals surface area (Å²) in [5.74, 6) is -0.205. The maximum Gasteiger partial charge on any atom is 0.340 e. The first-order valence-corrected chi connectivity index (χ1v) is 10.1. The van der Waals surface area contributed by atoms with E-state index in [2.05, 4.69) is 20.7 Å². The van der Waals surface area contributed by atoms with Crippen LogP contribution in [0.1, 0.15) is 27.0 Å². The summed E-state index contributed by atoms with van der Waals surface area (Å²) < 4.78 is 12.2. The number of carbonyl (C=O) groups excluding carboxylic acids is 1. The number of rotatable bonds is 2. The molecular formula is C23H16N6O5. The molecule has 168 valence electrons. The van der Waals surface area contributed by atoms with Gasteiger partial charge in [0, 0.05) is 29.3 Å². The Morgan fingerprint density at radius 1 is 0.912 bits per heavy atom. The Hall–Kier alpha value is -5.06. The van der Waals surface area contributed by atoms with Crippen LogP contribution in [0.4, 0.5) is 23.0 Å². The van der Waals surface area contributed by atoms with E-state index in [0.717, 1.165) is 0 Å². The van der Waals surface area contributed by atoms with Gasteiger partial charge < -0.3 is 36.5 Å². The molecule has 7 N–H and O–H groups in total. The van der Waals surface area contributed by atoms with Crippen LogP contribution in [0.2, 0.25) is 0 Å². The highest BCUT2D eigenvalue weighted by Crippen LogP contribution is 2.59. The average molecular weight is 456 g/mol. The lowest BCUT2D eigenvalue weighted by atomic mass is 9.77. The first-order chi connectivity index (χ1) is 16.4. The van der Waals surface area contributed by atoms with Crippen LogP contribution in [0, 0.1) is 0 Å². The lowest BCUT2D eigenvalue weighted by molar-refractivity contribution is 0.0226. The van der Waals surface area contributed by atoms with E-state index < -0.39 is 11.6 Å². The molecule has 0 radical (unpaired) electrons. The maximum absolute atomic E-state index is 13.0. The lowest BCUT2D eigenvalue weighted by Crippen LogP contribution is -2.33. The van der Waals surface area contributed by atoms with Crippen molar-refractivity contribution in [2.45, 2.75) is 5.60 Å². The number of phenols is 2. The number of aromatic nitrogens is 3. The van der Waals surface area contributed by atoms with E-state index in [4.69, 9.17) is 20.9 Å². The second-order valence-electron chi connectivity index (χ2n) is 7.83. The summed E-state index contributed by atoms with van der Waals surface area (Å²) in [5, 5.41) is 34.7. The molecule has 11 nitrogen and oxygen atoms in total. The monoisotopic (exact) mass is 456 g/mol. The van der Waals surface area contributed by atoms with Gasteiger partial charge in [-0.05, 0) is 23.4 Å². The Balaban J connectivity index is 1.68. The molecule has 0 saturated carbocycles. The highest BCUT2D eigenvalue weighted by atomic mass is 16.6. The van der Waals surface area contributed by atoms with E-state index in [0.29, 0.717) is 22.3 Å².